The van der Waals surface area contributed by atoms with Gasteiger partial charge in [0, 0.05) is 12.1 Å². The van der Waals surface area contributed by atoms with Gasteiger partial charge >= 0.3 is 0 Å². The summed E-state index contributed by atoms with van der Waals surface area (Å²) < 4.78 is 0. The van der Waals surface area contributed by atoms with E-state index in [1.165, 1.54) is 24.0 Å². The van der Waals surface area contributed by atoms with Gasteiger partial charge in [0.2, 0.25) is 0 Å². The number of aliphatic hydroxyl groups excluding tert-OH is 1. The van der Waals surface area contributed by atoms with Gasteiger partial charge in [0.1, 0.15) is 0 Å². The Labute approximate surface area is 117 Å². The second-order valence-electron chi connectivity index (χ2n) is 6.40. The zero-order chi connectivity index (χ0) is 13.8. The van der Waals surface area contributed by atoms with E-state index < -0.39 is 0 Å². The van der Waals surface area contributed by atoms with Gasteiger partial charge in [-0.25, -0.2) is 0 Å². The number of aryl methyl sites for hydroxylation is 1. The maximum Gasteiger partial charge on any atom is 0.0584 e. The topological polar surface area (TPSA) is 32.3 Å². The summed E-state index contributed by atoms with van der Waals surface area (Å²) in [5.41, 5.74) is 2.91. The van der Waals surface area contributed by atoms with Crippen molar-refractivity contribution >= 4 is 0 Å². The van der Waals surface area contributed by atoms with E-state index >= 15 is 0 Å². The smallest absolute Gasteiger partial charge is 0.0584 e. The van der Waals surface area contributed by atoms with Gasteiger partial charge in [-0.2, -0.15) is 0 Å². The predicted molar refractivity (Wildman–Crippen MR) is 80.4 cm³/mol. The van der Waals surface area contributed by atoms with Gasteiger partial charge in [0.15, 0.2) is 0 Å². The first kappa shape index (κ1) is 14.5. The number of rotatable bonds is 6. The summed E-state index contributed by atoms with van der Waals surface area (Å²) in [6.45, 7) is 6.87. The Morgan fingerprint density at radius 1 is 1.26 bits per heavy atom. The molecule has 1 fully saturated rings. The Bertz CT molecular complexity index is 396. The largest absolute Gasteiger partial charge is 0.395 e. The lowest BCUT2D eigenvalue weighted by Crippen LogP contribution is -2.47. The average molecular weight is 261 g/mol. The van der Waals surface area contributed by atoms with Crippen molar-refractivity contribution in [1.82, 2.24) is 5.32 Å². The third-order valence-corrected chi connectivity index (χ3v) is 4.21. The number of nitrogens with one attached hydrogen (secondary N) is 1. The van der Waals surface area contributed by atoms with Crippen LogP contribution in [-0.2, 0) is 0 Å². The van der Waals surface area contributed by atoms with E-state index in [9.17, 15) is 5.11 Å². The fraction of sp³-hybridized carbons (Fsp3) is 0.647. The molecular formula is C17H27NO. The minimum Gasteiger partial charge on any atom is -0.395 e. The first-order valence-corrected chi connectivity index (χ1v) is 7.52. The van der Waals surface area contributed by atoms with Gasteiger partial charge in [-0.15, -0.1) is 0 Å². The van der Waals surface area contributed by atoms with E-state index in [-0.39, 0.29) is 12.6 Å². The van der Waals surface area contributed by atoms with E-state index in [1.54, 1.807) is 0 Å². The summed E-state index contributed by atoms with van der Waals surface area (Å²) in [6, 6.07) is 9.55. The first-order chi connectivity index (χ1) is 9.10. The molecule has 1 aliphatic rings. The van der Waals surface area contributed by atoms with Gasteiger partial charge in [-0.1, -0.05) is 38.1 Å². The molecule has 0 aliphatic heterocycles. The molecule has 0 spiro atoms. The molecule has 1 atom stereocenters. The van der Waals surface area contributed by atoms with Crippen LogP contribution in [0.25, 0.3) is 0 Å². The van der Waals surface area contributed by atoms with Gasteiger partial charge in [0.25, 0.3) is 0 Å². The molecule has 2 heteroatoms. The summed E-state index contributed by atoms with van der Waals surface area (Å²) in [7, 11) is 0. The molecule has 0 bridgehead atoms. The van der Waals surface area contributed by atoms with E-state index in [1.807, 2.05) is 0 Å². The lowest BCUT2D eigenvalue weighted by Gasteiger charge is -2.39. The molecule has 0 amide bonds. The van der Waals surface area contributed by atoms with Crippen LogP contribution in [0.3, 0.4) is 0 Å². The van der Waals surface area contributed by atoms with Crippen LogP contribution in [0.1, 0.15) is 50.2 Å². The average Bonchev–Trinajstić information content (AvgIpc) is 2.32. The lowest BCUT2D eigenvalue weighted by atomic mass is 9.74. The lowest BCUT2D eigenvalue weighted by molar-refractivity contribution is 0.181. The van der Waals surface area contributed by atoms with Crippen LogP contribution in [-0.4, -0.2) is 23.8 Å². The van der Waals surface area contributed by atoms with E-state index in [0.717, 1.165) is 6.42 Å². The van der Waals surface area contributed by atoms with Crippen LogP contribution in [0.4, 0.5) is 0 Å². The van der Waals surface area contributed by atoms with E-state index in [4.69, 9.17) is 0 Å². The quantitative estimate of drug-likeness (QED) is 0.824. The number of hydrogen-bond acceptors (Lipinski definition) is 2. The number of hydrogen-bond donors (Lipinski definition) is 2. The van der Waals surface area contributed by atoms with Crippen LogP contribution < -0.4 is 5.32 Å². The second kappa shape index (κ2) is 6.53. The molecule has 1 unspecified atom stereocenters. The Morgan fingerprint density at radius 2 is 1.95 bits per heavy atom. The van der Waals surface area contributed by atoms with Gasteiger partial charge in [-0.3, -0.25) is 0 Å². The van der Waals surface area contributed by atoms with Crippen LogP contribution in [0.15, 0.2) is 24.3 Å². The molecule has 1 aliphatic carbocycles. The van der Waals surface area contributed by atoms with Crippen molar-refractivity contribution in [3.8, 4) is 0 Å². The van der Waals surface area contributed by atoms with Crippen LogP contribution in [0.2, 0.25) is 0 Å². The molecule has 19 heavy (non-hydrogen) atoms. The van der Waals surface area contributed by atoms with Gasteiger partial charge in [-0.05, 0) is 49.1 Å². The van der Waals surface area contributed by atoms with Crippen LogP contribution in [0.5, 0.6) is 0 Å². The zero-order valence-corrected chi connectivity index (χ0v) is 12.4. The summed E-state index contributed by atoms with van der Waals surface area (Å²) in [4.78, 5) is 0. The highest BCUT2D eigenvalue weighted by molar-refractivity contribution is 5.31. The fourth-order valence-electron chi connectivity index (χ4n) is 3.15. The number of benzene rings is 1. The van der Waals surface area contributed by atoms with Crippen LogP contribution in [0, 0.1) is 12.8 Å². The minimum absolute atomic E-state index is 0.254. The molecule has 2 nitrogen and oxygen atoms in total. The van der Waals surface area contributed by atoms with Gasteiger partial charge in [0.05, 0.1) is 6.61 Å². The van der Waals surface area contributed by atoms with Crippen molar-refractivity contribution in [2.45, 2.75) is 58.0 Å². The Morgan fingerprint density at radius 3 is 2.53 bits per heavy atom. The molecule has 1 aromatic rings. The van der Waals surface area contributed by atoms with Crippen molar-refractivity contribution in [3.05, 3.63) is 35.4 Å². The van der Waals surface area contributed by atoms with Crippen molar-refractivity contribution in [3.63, 3.8) is 0 Å². The summed E-state index contributed by atoms with van der Waals surface area (Å²) >= 11 is 0. The second-order valence-corrected chi connectivity index (χ2v) is 6.40. The summed E-state index contributed by atoms with van der Waals surface area (Å²) in [6.07, 6.45) is 3.47. The van der Waals surface area contributed by atoms with E-state index in [0.29, 0.717) is 17.9 Å². The molecule has 106 valence electrons. The monoisotopic (exact) mass is 261 g/mol. The fourth-order valence-corrected chi connectivity index (χ4v) is 3.15. The molecule has 1 saturated carbocycles. The first-order valence-electron chi connectivity index (χ1n) is 7.52. The van der Waals surface area contributed by atoms with Crippen molar-refractivity contribution < 1.29 is 5.11 Å². The maximum atomic E-state index is 9.41. The Hall–Kier alpha value is -0.860. The third-order valence-electron chi connectivity index (χ3n) is 4.21. The third kappa shape index (κ3) is 3.80. The Balaban J connectivity index is 1.81. The highest BCUT2D eigenvalue weighted by Crippen LogP contribution is 2.38. The van der Waals surface area contributed by atoms with Crippen molar-refractivity contribution in [2.75, 3.05) is 6.61 Å². The highest BCUT2D eigenvalue weighted by Gasteiger charge is 2.32. The standard InChI is InChI=1S/C17H27NO/c1-12(2)8-16(11-19)18-15-9-14(10-15)17-7-5-4-6-13(17)3/h4-7,12,14-16,18-19H,8-11H2,1-3H3. The van der Waals surface area contributed by atoms with Gasteiger partial charge < -0.3 is 10.4 Å². The number of aliphatic hydroxyl groups is 1. The SMILES string of the molecule is Cc1ccccc1C1CC(NC(CO)CC(C)C)C1. The molecule has 2 rings (SSSR count). The normalized spacial score (nSPS) is 24.3. The highest BCUT2D eigenvalue weighted by atomic mass is 16.3. The summed E-state index contributed by atoms with van der Waals surface area (Å²) in [5.74, 6) is 1.34. The Kier molecular flexibility index (Phi) is 5.00. The predicted octanol–water partition coefficient (Wildman–Crippen LogP) is 3.24. The molecule has 2 N–H and O–H groups in total. The molecular weight excluding hydrogens is 234 g/mol. The van der Waals surface area contributed by atoms with Crippen molar-refractivity contribution in [1.29, 1.82) is 0 Å². The molecule has 0 aromatic heterocycles. The van der Waals surface area contributed by atoms with E-state index in [2.05, 4.69) is 50.4 Å². The molecule has 1 aromatic carbocycles. The zero-order valence-electron chi connectivity index (χ0n) is 12.4. The molecule has 0 radical (unpaired) electrons. The van der Waals surface area contributed by atoms with Crippen molar-refractivity contribution in [2.24, 2.45) is 5.92 Å². The maximum absolute atomic E-state index is 9.41. The molecule has 0 saturated heterocycles. The van der Waals surface area contributed by atoms with Crippen LogP contribution >= 0.6 is 0 Å². The minimum atomic E-state index is 0.254. The molecule has 0 heterocycles. The summed E-state index contributed by atoms with van der Waals surface area (Å²) in [5, 5.41) is 13.0.